The Morgan fingerprint density at radius 1 is 1.50 bits per heavy atom. The SMILES string of the molecule is Cc1nnc(C(=O)OC(C)C)s1. The molecule has 66 valence electrons. The van der Waals surface area contributed by atoms with Gasteiger partial charge in [-0.2, -0.15) is 0 Å². The van der Waals surface area contributed by atoms with E-state index in [1.807, 2.05) is 0 Å². The highest BCUT2D eigenvalue weighted by atomic mass is 32.1. The molecule has 0 amide bonds. The molecule has 1 aromatic heterocycles. The lowest BCUT2D eigenvalue weighted by Gasteiger charge is -2.03. The average Bonchev–Trinajstić information content (AvgIpc) is 2.34. The molecule has 0 aliphatic carbocycles. The summed E-state index contributed by atoms with van der Waals surface area (Å²) in [5.74, 6) is -0.393. The number of ether oxygens (including phenoxy) is 1. The lowest BCUT2D eigenvalue weighted by Crippen LogP contribution is -2.11. The Morgan fingerprint density at radius 2 is 2.17 bits per heavy atom. The number of aromatic nitrogens is 2. The highest BCUT2D eigenvalue weighted by Crippen LogP contribution is 2.09. The van der Waals surface area contributed by atoms with Crippen LogP contribution in [0.25, 0.3) is 0 Å². The second kappa shape index (κ2) is 3.62. The molecule has 1 aromatic rings. The van der Waals surface area contributed by atoms with Crippen molar-refractivity contribution >= 4 is 17.3 Å². The third-order valence-corrected chi connectivity index (χ3v) is 1.86. The number of nitrogens with zero attached hydrogens (tertiary/aromatic N) is 2. The normalized spacial score (nSPS) is 10.3. The van der Waals surface area contributed by atoms with Crippen molar-refractivity contribution in [1.82, 2.24) is 10.2 Å². The van der Waals surface area contributed by atoms with Gasteiger partial charge in [-0.05, 0) is 20.8 Å². The van der Waals surface area contributed by atoms with E-state index in [4.69, 9.17) is 4.74 Å². The zero-order valence-electron chi connectivity index (χ0n) is 7.20. The van der Waals surface area contributed by atoms with Crippen molar-refractivity contribution in [3.63, 3.8) is 0 Å². The Bertz CT molecular complexity index is 283. The van der Waals surface area contributed by atoms with Crippen molar-refractivity contribution in [1.29, 1.82) is 0 Å². The summed E-state index contributed by atoms with van der Waals surface area (Å²) in [6, 6.07) is 0. The quantitative estimate of drug-likeness (QED) is 0.655. The van der Waals surface area contributed by atoms with Crippen LogP contribution in [0.15, 0.2) is 0 Å². The lowest BCUT2D eigenvalue weighted by molar-refractivity contribution is 0.0376. The van der Waals surface area contributed by atoms with Crippen LogP contribution in [0.3, 0.4) is 0 Å². The van der Waals surface area contributed by atoms with Gasteiger partial charge < -0.3 is 4.74 Å². The third kappa shape index (κ3) is 2.27. The van der Waals surface area contributed by atoms with E-state index >= 15 is 0 Å². The largest absolute Gasteiger partial charge is 0.458 e. The minimum Gasteiger partial charge on any atom is -0.458 e. The molecule has 1 rings (SSSR count). The smallest absolute Gasteiger partial charge is 0.369 e. The predicted molar refractivity (Wildman–Crippen MR) is 45.2 cm³/mol. The molecule has 4 nitrogen and oxygen atoms in total. The van der Waals surface area contributed by atoms with Crippen LogP contribution in [0.5, 0.6) is 0 Å². The second-order valence-electron chi connectivity index (χ2n) is 2.58. The maximum absolute atomic E-state index is 11.2. The van der Waals surface area contributed by atoms with E-state index in [1.165, 1.54) is 11.3 Å². The van der Waals surface area contributed by atoms with Gasteiger partial charge in [-0.3, -0.25) is 0 Å². The van der Waals surface area contributed by atoms with Gasteiger partial charge >= 0.3 is 5.97 Å². The fourth-order valence-corrected chi connectivity index (χ4v) is 1.22. The monoisotopic (exact) mass is 186 g/mol. The molecule has 0 radical (unpaired) electrons. The number of hydrogen-bond donors (Lipinski definition) is 0. The summed E-state index contributed by atoms with van der Waals surface area (Å²) in [5, 5.41) is 8.47. The van der Waals surface area contributed by atoms with Crippen molar-refractivity contribution in [2.24, 2.45) is 0 Å². The summed E-state index contributed by atoms with van der Waals surface area (Å²) in [5.41, 5.74) is 0. The molecule has 0 unspecified atom stereocenters. The first-order valence-electron chi connectivity index (χ1n) is 3.60. The van der Waals surface area contributed by atoms with Crippen molar-refractivity contribution in [3.05, 3.63) is 10.0 Å². The zero-order valence-corrected chi connectivity index (χ0v) is 8.01. The van der Waals surface area contributed by atoms with Gasteiger partial charge in [-0.25, -0.2) is 4.79 Å². The molecule has 0 aliphatic heterocycles. The molecule has 0 atom stereocenters. The van der Waals surface area contributed by atoms with Crippen LogP contribution in [-0.4, -0.2) is 22.3 Å². The van der Waals surface area contributed by atoms with E-state index in [1.54, 1.807) is 20.8 Å². The standard InChI is InChI=1S/C7H10N2O2S/c1-4(2)11-7(10)6-9-8-5(3)12-6/h4H,1-3H3. The number of esters is 1. The van der Waals surface area contributed by atoms with E-state index in [0.29, 0.717) is 5.01 Å². The molecular formula is C7H10N2O2S. The van der Waals surface area contributed by atoms with Crippen LogP contribution in [0.1, 0.15) is 28.7 Å². The molecule has 0 aromatic carbocycles. The highest BCUT2D eigenvalue weighted by molar-refractivity contribution is 7.13. The maximum Gasteiger partial charge on any atom is 0.369 e. The fraction of sp³-hybridized carbons (Fsp3) is 0.571. The van der Waals surface area contributed by atoms with Crippen molar-refractivity contribution in [2.45, 2.75) is 26.9 Å². The van der Waals surface area contributed by atoms with Gasteiger partial charge in [0.25, 0.3) is 0 Å². The first-order chi connectivity index (χ1) is 5.59. The summed E-state index contributed by atoms with van der Waals surface area (Å²) >= 11 is 1.24. The van der Waals surface area contributed by atoms with E-state index in [9.17, 15) is 4.79 Å². The number of carbonyl (C=O) groups is 1. The summed E-state index contributed by atoms with van der Waals surface area (Å²) < 4.78 is 4.92. The van der Waals surface area contributed by atoms with Crippen molar-refractivity contribution < 1.29 is 9.53 Å². The molecular weight excluding hydrogens is 176 g/mol. The number of carbonyl (C=O) groups excluding carboxylic acids is 1. The molecule has 1 heterocycles. The molecule has 5 heteroatoms. The average molecular weight is 186 g/mol. The van der Waals surface area contributed by atoms with Crippen LogP contribution in [0, 0.1) is 6.92 Å². The van der Waals surface area contributed by atoms with Gasteiger partial charge in [0.15, 0.2) is 0 Å². The van der Waals surface area contributed by atoms with Crippen molar-refractivity contribution in [2.75, 3.05) is 0 Å². The van der Waals surface area contributed by atoms with Crippen LogP contribution in [0.2, 0.25) is 0 Å². The molecule has 0 aliphatic rings. The van der Waals surface area contributed by atoms with Crippen LogP contribution in [0.4, 0.5) is 0 Å². The van der Waals surface area contributed by atoms with E-state index < -0.39 is 5.97 Å². The number of hydrogen-bond acceptors (Lipinski definition) is 5. The van der Waals surface area contributed by atoms with Gasteiger partial charge in [0.1, 0.15) is 5.01 Å². The van der Waals surface area contributed by atoms with E-state index in [0.717, 1.165) is 5.01 Å². The third-order valence-electron chi connectivity index (χ3n) is 1.04. The first-order valence-corrected chi connectivity index (χ1v) is 4.42. The predicted octanol–water partition coefficient (Wildman–Crippen LogP) is 1.41. The molecule has 0 bridgehead atoms. The Morgan fingerprint density at radius 3 is 2.58 bits per heavy atom. The summed E-state index contributed by atoms with van der Waals surface area (Å²) in [7, 11) is 0. The van der Waals surface area contributed by atoms with E-state index in [2.05, 4.69) is 10.2 Å². The molecule has 0 N–H and O–H groups in total. The number of rotatable bonds is 2. The topological polar surface area (TPSA) is 52.1 Å². The zero-order chi connectivity index (χ0) is 9.14. The summed E-state index contributed by atoms with van der Waals surface area (Å²) in [6.07, 6.45) is -0.110. The fourth-order valence-electron chi connectivity index (χ4n) is 0.644. The van der Waals surface area contributed by atoms with Gasteiger partial charge in [-0.15, -0.1) is 10.2 Å². The Hall–Kier alpha value is -0.970. The van der Waals surface area contributed by atoms with Gasteiger partial charge in [0, 0.05) is 0 Å². The second-order valence-corrected chi connectivity index (χ2v) is 3.76. The van der Waals surface area contributed by atoms with Gasteiger partial charge in [-0.1, -0.05) is 11.3 Å². The Labute approximate surface area is 74.6 Å². The molecule has 0 fully saturated rings. The first kappa shape index (κ1) is 9.12. The minimum absolute atomic E-state index is 0.110. The molecule has 12 heavy (non-hydrogen) atoms. The Balaban J connectivity index is 2.65. The molecule has 0 spiro atoms. The van der Waals surface area contributed by atoms with Crippen LogP contribution >= 0.6 is 11.3 Å². The van der Waals surface area contributed by atoms with Crippen LogP contribution in [-0.2, 0) is 4.74 Å². The highest BCUT2D eigenvalue weighted by Gasteiger charge is 2.13. The summed E-state index contributed by atoms with van der Waals surface area (Å²) in [6.45, 7) is 5.39. The number of aryl methyl sites for hydroxylation is 1. The molecule has 0 saturated heterocycles. The van der Waals surface area contributed by atoms with Gasteiger partial charge in [0.2, 0.25) is 5.01 Å². The van der Waals surface area contributed by atoms with E-state index in [-0.39, 0.29) is 6.10 Å². The van der Waals surface area contributed by atoms with Crippen LogP contribution < -0.4 is 0 Å². The summed E-state index contributed by atoms with van der Waals surface area (Å²) in [4.78, 5) is 11.2. The lowest BCUT2D eigenvalue weighted by atomic mass is 10.5. The van der Waals surface area contributed by atoms with Gasteiger partial charge in [0.05, 0.1) is 6.10 Å². The van der Waals surface area contributed by atoms with Crippen molar-refractivity contribution in [3.8, 4) is 0 Å². The maximum atomic E-state index is 11.2. The minimum atomic E-state index is -0.393. The Kier molecular flexibility index (Phi) is 2.75. The molecule has 0 saturated carbocycles.